The summed E-state index contributed by atoms with van der Waals surface area (Å²) in [5, 5.41) is 11.5. The van der Waals surface area contributed by atoms with E-state index in [0.717, 1.165) is 5.56 Å². The molecular weight excluding hydrogens is 222 g/mol. The van der Waals surface area contributed by atoms with Gasteiger partial charge in [0.1, 0.15) is 5.65 Å². The predicted octanol–water partition coefficient (Wildman–Crippen LogP) is 1.30. The van der Waals surface area contributed by atoms with Crippen molar-refractivity contribution in [3.8, 4) is 0 Å². The summed E-state index contributed by atoms with van der Waals surface area (Å²) in [5.41, 5.74) is 1.20. The molecule has 6 heteroatoms. The van der Waals surface area contributed by atoms with Crippen molar-refractivity contribution < 1.29 is 14.7 Å². The van der Waals surface area contributed by atoms with E-state index in [0.29, 0.717) is 5.65 Å². The van der Waals surface area contributed by atoms with Crippen molar-refractivity contribution in [3.05, 3.63) is 29.6 Å². The number of carbonyl (C=O) groups excluding carboxylic acids is 1. The Balaban J connectivity index is 2.75. The van der Waals surface area contributed by atoms with Crippen LogP contribution in [-0.2, 0) is 4.79 Å². The maximum atomic E-state index is 11.1. The Kier molecular flexibility index (Phi) is 2.55. The first kappa shape index (κ1) is 11.1. The summed E-state index contributed by atoms with van der Waals surface area (Å²) in [5.74, 6) is -1.32. The number of pyridine rings is 1. The lowest BCUT2D eigenvalue weighted by molar-refractivity contribution is -0.114. The number of carboxylic acid groups (broad SMARTS) is 1. The molecule has 1 amide bonds. The maximum Gasteiger partial charge on any atom is 0.358 e. The van der Waals surface area contributed by atoms with E-state index in [2.05, 4.69) is 10.3 Å². The van der Waals surface area contributed by atoms with Gasteiger partial charge in [0, 0.05) is 13.1 Å². The highest BCUT2D eigenvalue weighted by atomic mass is 16.4. The molecule has 0 bridgehead atoms. The van der Waals surface area contributed by atoms with Crippen LogP contribution in [0.3, 0.4) is 0 Å². The largest absolute Gasteiger partial charge is 0.476 e. The second-order valence-corrected chi connectivity index (χ2v) is 3.68. The molecular formula is C11H11N3O3. The molecule has 6 nitrogen and oxygen atoms in total. The van der Waals surface area contributed by atoms with Crippen molar-refractivity contribution >= 4 is 23.3 Å². The predicted molar refractivity (Wildman–Crippen MR) is 61.2 cm³/mol. The van der Waals surface area contributed by atoms with Crippen LogP contribution in [0.1, 0.15) is 23.0 Å². The molecule has 0 unspecified atom stereocenters. The third-order valence-corrected chi connectivity index (χ3v) is 2.34. The lowest BCUT2D eigenvalue weighted by Crippen LogP contribution is -2.12. The summed E-state index contributed by atoms with van der Waals surface area (Å²) in [6.45, 7) is 3.15. The maximum absolute atomic E-state index is 11.1. The first-order valence-corrected chi connectivity index (χ1v) is 4.99. The SMILES string of the molecule is CC(=O)Nc1c(C(=O)O)nc2c(C)cccn12. The lowest BCUT2D eigenvalue weighted by atomic mass is 10.3. The van der Waals surface area contributed by atoms with Crippen LogP contribution in [0.4, 0.5) is 5.82 Å². The zero-order valence-electron chi connectivity index (χ0n) is 9.39. The fraction of sp³-hybridized carbons (Fsp3) is 0.182. The molecule has 2 heterocycles. The number of aryl methyl sites for hydroxylation is 1. The number of nitrogens with one attached hydrogen (secondary N) is 1. The highest BCUT2D eigenvalue weighted by molar-refractivity contribution is 5.98. The first-order valence-electron chi connectivity index (χ1n) is 4.99. The molecule has 17 heavy (non-hydrogen) atoms. The fourth-order valence-electron chi connectivity index (χ4n) is 1.64. The first-order chi connectivity index (χ1) is 8.00. The average Bonchev–Trinajstić information content (AvgIpc) is 2.58. The van der Waals surface area contributed by atoms with E-state index >= 15 is 0 Å². The second-order valence-electron chi connectivity index (χ2n) is 3.68. The van der Waals surface area contributed by atoms with E-state index in [9.17, 15) is 9.59 Å². The van der Waals surface area contributed by atoms with Crippen molar-refractivity contribution in [1.29, 1.82) is 0 Å². The summed E-state index contributed by atoms with van der Waals surface area (Å²) < 4.78 is 1.56. The number of anilines is 1. The molecule has 0 saturated heterocycles. The molecule has 0 atom stereocenters. The van der Waals surface area contributed by atoms with Crippen molar-refractivity contribution in [2.24, 2.45) is 0 Å². The Labute approximate surface area is 96.9 Å². The van der Waals surface area contributed by atoms with Crippen molar-refractivity contribution in [2.75, 3.05) is 5.32 Å². The Bertz CT molecular complexity index is 616. The van der Waals surface area contributed by atoms with E-state index in [1.54, 1.807) is 16.7 Å². The summed E-state index contributed by atoms with van der Waals surface area (Å²) in [7, 11) is 0. The molecule has 0 saturated carbocycles. The van der Waals surface area contributed by atoms with Gasteiger partial charge in [0.05, 0.1) is 0 Å². The summed E-state index contributed by atoms with van der Waals surface area (Å²) in [6.07, 6.45) is 1.66. The number of fused-ring (bicyclic) bond motifs is 1. The Morgan fingerprint density at radius 3 is 2.76 bits per heavy atom. The standard InChI is InChI=1S/C11H11N3O3/c1-6-4-3-5-14-9(6)13-8(11(16)17)10(14)12-7(2)15/h3-5H,1-2H3,(H,12,15)(H,16,17). The van der Waals surface area contributed by atoms with E-state index in [-0.39, 0.29) is 17.4 Å². The number of amides is 1. The average molecular weight is 233 g/mol. The number of hydrogen-bond acceptors (Lipinski definition) is 3. The number of nitrogens with zero attached hydrogens (tertiary/aromatic N) is 2. The van der Waals surface area contributed by atoms with Gasteiger partial charge in [-0.25, -0.2) is 9.78 Å². The van der Waals surface area contributed by atoms with Gasteiger partial charge >= 0.3 is 5.97 Å². The zero-order valence-corrected chi connectivity index (χ0v) is 9.39. The van der Waals surface area contributed by atoms with Crippen LogP contribution in [0.15, 0.2) is 18.3 Å². The van der Waals surface area contributed by atoms with Crippen LogP contribution in [0, 0.1) is 6.92 Å². The van der Waals surface area contributed by atoms with Gasteiger partial charge in [-0.05, 0) is 18.6 Å². The molecule has 0 aromatic carbocycles. The second kappa shape index (κ2) is 3.89. The van der Waals surface area contributed by atoms with Gasteiger partial charge in [-0.3, -0.25) is 9.20 Å². The van der Waals surface area contributed by atoms with Gasteiger partial charge in [-0.15, -0.1) is 0 Å². The minimum Gasteiger partial charge on any atom is -0.476 e. The van der Waals surface area contributed by atoms with Gasteiger partial charge in [0.25, 0.3) is 0 Å². The highest BCUT2D eigenvalue weighted by Crippen LogP contribution is 2.20. The number of aromatic nitrogens is 2. The molecule has 0 spiro atoms. The van der Waals surface area contributed by atoms with E-state index in [1.807, 2.05) is 13.0 Å². The number of carboxylic acids is 1. The molecule has 0 aliphatic rings. The number of rotatable bonds is 2. The van der Waals surface area contributed by atoms with Crippen LogP contribution in [0.25, 0.3) is 5.65 Å². The molecule has 2 aromatic heterocycles. The van der Waals surface area contributed by atoms with Gasteiger partial charge in [0.2, 0.25) is 5.91 Å². The minimum absolute atomic E-state index is 0.158. The van der Waals surface area contributed by atoms with Gasteiger partial charge in [-0.2, -0.15) is 0 Å². The van der Waals surface area contributed by atoms with Crippen LogP contribution in [0.5, 0.6) is 0 Å². The Morgan fingerprint density at radius 1 is 1.47 bits per heavy atom. The summed E-state index contributed by atoms with van der Waals surface area (Å²) in [6, 6.07) is 3.59. The molecule has 88 valence electrons. The van der Waals surface area contributed by atoms with Crippen LogP contribution in [0.2, 0.25) is 0 Å². The lowest BCUT2D eigenvalue weighted by Gasteiger charge is -2.03. The quantitative estimate of drug-likeness (QED) is 0.818. The highest BCUT2D eigenvalue weighted by Gasteiger charge is 2.19. The topological polar surface area (TPSA) is 83.7 Å². The minimum atomic E-state index is -1.17. The molecule has 0 radical (unpaired) electrons. The molecule has 2 rings (SSSR count). The van der Waals surface area contributed by atoms with E-state index < -0.39 is 5.97 Å². The number of hydrogen-bond donors (Lipinski definition) is 2. The molecule has 0 aliphatic heterocycles. The third kappa shape index (κ3) is 1.84. The molecule has 0 aliphatic carbocycles. The van der Waals surface area contributed by atoms with Gasteiger partial charge in [0.15, 0.2) is 11.5 Å². The van der Waals surface area contributed by atoms with Crippen LogP contribution in [-0.4, -0.2) is 26.4 Å². The van der Waals surface area contributed by atoms with E-state index in [4.69, 9.17) is 5.11 Å². The Hall–Kier alpha value is -2.37. The Morgan fingerprint density at radius 2 is 2.18 bits per heavy atom. The smallest absolute Gasteiger partial charge is 0.358 e. The van der Waals surface area contributed by atoms with Crippen LogP contribution < -0.4 is 5.32 Å². The summed E-state index contributed by atoms with van der Waals surface area (Å²) >= 11 is 0. The fourth-order valence-corrected chi connectivity index (χ4v) is 1.64. The molecule has 2 N–H and O–H groups in total. The van der Waals surface area contributed by atoms with Crippen molar-refractivity contribution in [3.63, 3.8) is 0 Å². The third-order valence-electron chi connectivity index (χ3n) is 2.34. The van der Waals surface area contributed by atoms with Crippen molar-refractivity contribution in [1.82, 2.24) is 9.38 Å². The molecule has 0 fully saturated rings. The van der Waals surface area contributed by atoms with Gasteiger partial charge in [-0.1, -0.05) is 6.07 Å². The summed E-state index contributed by atoms with van der Waals surface area (Å²) in [4.78, 5) is 26.1. The van der Waals surface area contributed by atoms with E-state index in [1.165, 1.54) is 6.92 Å². The zero-order chi connectivity index (χ0) is 12.6. The van der Waals surface area contributed by atoms with Crippen LogP contribution >= 0.6 is 0 Å². The number of imidazole rings is 1. The molecule has 2 aromatic rings. The van der Waals surface area contributed by atoms with Gasteiger partial charge < -0.3 is 10.4 Å². The number of aromatic carboxylic acids is 1. The monoisotopic (exact) mass is 233 g/mol. The number of carbonyl (C=O) groups is 2. The normalized spacial score (nSPS) is 10.5. The van der Waals surface area contributed by atoms with Crippen molar-refractivity contribution in [2.45, 2.75) is 13.8 Å².